The van der Waals surface area contributed by atoms with Gasteiger partial charge in [-0.3, -0.25) is 4.90 Å². The first-order valence-corrected chi connectivity index (χ1v) is 18.2. The molecule has 0 radical (unpaired) electrons. The number of benzene rings is 3. The van der Waals surface area contributed by atoms with E-state index in [0.29, 0.717) is 42.8 Å². The summed E-state index contributed by atoms with van der Waals surface area (Å²) in [7, 11) is 7.00. The Kier molecular flexibility index (Phi) is 14.1. The number of likely N-dealkylation sites (tertiary alicyclic amines) is 2. The molecular formula is C40H49F8N5O3. The number of carboxylic acid groups (broad SMARTS) is 1. The molecule has 308 valence electrons. The molecule has 3 aromatic rings. The molecule has 0 saturated carbocycles. The van der Waals surface area contributed by atoms with Gasteiger partial charge in [0.1, 0.15) is 11.6 Å². The number of alkyl halides is 6. The lowest BCUT2D eigenvalue weighted by molar-refractivity contribution is -0.143. The molecule has 2 aliphatic heterocycles. The third kappa shape index (κ3) is 10.1. The van der Waals surface area contributed by atoms with Crippen LogP contribution in [-0.4, -0.2) is 90.2 Å². The molecule has 3 amide bonds. The number of nitrogens with one attached hydrogen (secondary N) is 1. The highest BCUT2D eigenvalue weighted by Gasteiger charge is 2.41. The van der Waals surface area contributed by atoms with E-state index in [2.05, 4.69) is 10.2 Å². The van der Waals surface area contributed by atoms with E-state index in [9.17, 15) is 49.8 Å². The number of hydrogen-bond acceptors (Lipinski definition) is 4. The molecule has 5 unspecified atom stereocenters. The van der Waals surface area contributed by atoms with Gasteiger partial charge in [-0.1, -0.05) is 12.1 Å². The molecule has 3 aromatic carbocycles. The van der Waals surface area contributed by atoms with Crippen molar-refractivity contribution < 1.29 is 49.8 Å². The van der Waals surface area contributed by atoms with Crippen LogP contribution >= 0.6 is 0 Å². The van der Waals surface area contributed by atoms with Gasteiger partial charge in [0.2, 0.25) is 0 Å². The lowest BCUT2D eigenvalue weighted by Crippen LogP contribution is -2.53. The summed E-state index contributed by atoms with van der Waals surface area (Å²) < 4.78 is 107. The topological polar surface area (TPSA) is 79.4 Å². The van der Waals surface area contributed by atoms with Gasteiger partial charge < -0.3 is 25.1 Å². The molecular weight excluding hydrogens is 750 g/mol. The summed E-state index contributed by atoms with van der Waals surface area (Å²) in [6.07, 6.45) is -7.73. The Morgan fingerprint density at radius 2 is 1.25 bits per heavy atom. The van der Waals surface area contributed by atoms with Crippen molar-refractivity contribution in [3.05, 3.63) is 105 Å². The van der Waals surface area contributed by atoms with Crippen molar-refractivity contribution in [2.75, 3.05) is 41.3 Å². The normalized spacial score (nSPS) is 21.0. The van der Waals surface area contributed by atoms with Crippen molar-refractivity contribution in [2.45, 2.75) is 89.0 Å². The molecule has 2 N–H and O–H groups in total. The first kappa shape index (κ1) is 44.3. The summed E-state index contributed by atoms with van der Waals surface area (Å²) in [6, 6.07) is 7.72. The number of halogens is 8. The lowest BCUT2D eigenvalue weighted by atomic mass is 9.87. The monoisotopic (exact) mass is 799 g/mol. The molecule has 5 rings (SSSR count). The first-order valence-electron chi connectivity index (χ1n) is 18.2. The molecule has 16 heteroatoms. The predicted octanol–water partition coefficient (Wildman–Crippen LogP) is 9.59. The minimum atomic E-state index is -4.99. The van der Waals surface area contributed by atoms with Crippen LogP contribution < -0.4 is 5.32 Å². The molecule has 2 saturated heterocycles. The number of piperidine rings is 2. The molecule has 2 aliphatic rings. The van der Waals surface area contributed by atoms with Gasteiger partial charge >= 0.3 is 24.5 Å². The highest BCUT2D eigenvalue weighted by Crippen LogP contribution is 2.40. The minimum Gasteiger partial charge on any atom is -0.465 e. The Bertz CT molecular complexity index is 1820. The van der Waals surface area contributed by atoms with Crippen LogP contribution in [0.15, 0.2) is 54.6 Å². The molecule has 0 bridgehead atoms. The second kappa shape index (κ2) is 17.8. The van der Waals surface area contributed by atoms with E-state index in [4.69, 9.17) is 0 Å². The fourth-order valence-corrected chi connectivity index (χ4v) is 7.76. The summed E-state index contributed by atoms with van der Waals surface area (Å²) in [5.74, 6) is -0.716. The number of carbonyl (C=O) groups excluding carboxylic acids is 1. The molecule has 2 fully saturated rings. The minimum absolute atomic E-state index is 0.0630. The Labute approximate surface area is 322 Å². The average Bonchev–Trinajstić information content (AvgIpc) is 3.12. The maximum Gasteiger partial charge on any atom is 0.416 e. The molecule has 56 heavy (non-hydrogen) atoms. The third-order valence-corrected chi connectivity index (χ3v) is 10.8. The van der Waals surface area contributed by atoms with E-state index in [0.717, 1.165) is 35.3 Å². The van der Waals surface area contributed by atoms with Crippen molar-refractivity contribution in [3.63, 3.8) is 0 Å². The van der Waals surface area contributed by atoms with E-state index < -0.39 is 53.5 Å². The molecule has 5 atom stereocenters. The highest BCUT2D eigenvalue weighted by molar-refractivity contribution is 5.76. The van der Waals surface area contributed by atoms with Crippen LogP contribution in [0.2, 0.25) is 0 Å². The number of urea groups is 1. The number of rotatable bonds is 6. The highest BCUT2D eigenvalue weighted by atomic mass is 19.4. The van der Waals surface area contributed by atoms with Crippen LogP contribution in [0.4, 0.5) is 44.7 Å². The van der Waals surface area contributed by atoms with E-state index in [1.165, 1.54) is 43.1 Å². The molecule has 8 nitrogen and oxygen atoms in total. The van der Waals surface area contributed by atoms with Crippen molar-refractivity contribution >= 4 is 12.1 Å². The quantitative estimate of drug-likeness (QED) is 0.243. The maximum absolute atomic E-state index is 13.7. The Balaban J connectivity index is 0.000000293. The maximum atomic E-state index is 13.7. The van der Waals surface area contributed by atoms with Crippen LogP contribution in [0, 0.1) is 25.5 Å². The molecule has 0 spiro atoms. The van der Waals surface area contributed by atoms with Gasteiger partial charge in [-0.05, 0) is 138 Å². The number of aryl methyl sites for hydroxylation is 2. The van der Waals surface area contributed by atoms with Gasteiger partial charge in [0, 0.05) is 32.2 Å². The van der Waals surface area contributed by atoms with Gasteiger partial charge in [0.05, 0.1) is 29.3 Å². The van der Waals surface area contributed by atoms with Gasteiger partial charge in [0.25, 0.3) is 0 Å². The van der Waals surface area contributed by atoms with Crippen LogP contribution in [0.1, 0.15) is 89.7 Å². The van der Waals surface area contributed by atoms with Crippen molar-refractivity contribution in [2.24, 2.45) is 0 Å². The summed E-state index contributed by atoms with van der Waals surface area (Å²) in [5.41, 5.74) is -0.125. The Hall–Kier alpha value is -4.44. The van der Waals surface area contributed by atoms with Crippen molar-refractivity contribution in [3.8, 4) is 0 Å². The Morgan fingerprint density at radius 3 is 1.70 bits per heavy atom. The molecule has 0 aliphatic carbocycles. The van der Waals surface area contributed by atoms with E-state index in [1.54, 1.807) is 31.0 Å². The van der Waals surface area contributed by atoms with Gasteiger partial charge in [-0.2, -0.15) is 26.3 Å². The fraction of sp³-hybridized carbons (Fsp3) is 0.500. The standard InChI is InChI=1S/C25H28F7N3O.C15H21FN2O2/c1-14-10-19(26)7-8-20(14)22-21(33-3)6-5-9-35(22)23(36)34(4)15(2)16-11-17(24(27,28)29)13-18(12-16)25(30,31)32;1-10-9-11(16)6-7-12(10)14-13(17(2)3)5-4-8-18(14)15(19)20/h7-8,10-13,15,21-22,33H,5-6,9H2,1-4H3;6-7,9,13-14H,4-5,8H2,1-3H3,(H,19,20). The van der Waals surface area contributed by atoms with Crippen LogP contribution in [-0.2, 0) is 12.4 Å². The Morgan fingerprint density at radius 1 is 0.768 bits per heavy atom. The van der Waals surface area contributed by atoms with Crippen molar-refractivity contribution in [1.82, 2.24) is 24.9 Å². The van der Waals surface area contributed by atoms with E-state index in [-0.39, 0.29) is 35.6 Å². The molecule has 2 heterocycles. The number of carbonyl (C=O) groups is 2. The summed E-state index contributed by atoms with van der Waals surface area (Å²) in [5, 5.41) is 12.6. The summed E-state index contributed by atoms with van der Waals surface area (Å²) >= 11 is 0. The largest absolute Gasteiger partial charge is 0.465 e. The number of hydrogen-bond donors (Lipinski definition) is 2. The van der Waals surface area contributed by atoms with E-state index in [1.807, 2.05) is 21.0 Å². The SMILES string of the molecule is CNC1CCCN(C(=O)N(C)C(C)c2cc(C(F)(F)F)cc(C(F)(F)F)c2)C1c1ccc(F)cc1C.Cc1cc(F)ccc1C1C(N(C)C)CCCN1C(=O)O. The van der Waals surface area contributed by atoms with Crippen molar-refractivity contribution in [1.29, 1.82) is 0 Å². The summed E-state index contributed by atoms with van der Waals surface area (Å²) in [6.45, 7) is 5.79. The van der Waals surface area contributed by atoms with Gasteiger partial charge in [-0.25, -0.2) is 18.4 Å². The zero-order chi connectivity index (χ0) is 41.9. The third-order valence-electron chi connectivity index (χ3n) is 10.8. The second-order valence-corrected chi connectivity index (χ2v) is 14.7. The van der Waals surface area contributed by atoms with E-state index >= 15 is 0 Å². The van der Waals surface area contributed by atoms with Crippen LogP contribution in [0.5, 0.6) is 0 Å². The van der Waals surface area contributed by atoms with Gasteiger partial charge in [-0.15, -0.1) is 0 Å². The number of amides is 3. The second-order valence-electron chi connectivity index (χ2n) is 14.7. The predicted molar refractivity (Wildman–Crippen MR) is 196 cm³/mol. The molecule has 0 aromatic heterocycles. The number of nitrogens with zero attached hydrogens (tertiary/aromatic N) is 4. The zero-order valence-electron chi connectivity index (χ0n) is 32.4. The van der Waals surface area contributed by atoms with Gasteiger partial charge in [0.15, 0.2) is 0 Å². The fourth-order valence-electron chi connectivity index (χ4n) is 7.76. The lowest BCUT2D eigenvalue weighted by Gasteiger charge is -2.44. The summed E-state index contributed by atoms with van der Waals surface area (Å²) in [4.78, 5) is 31.3. The van der Waals surface area contributed by atoms with Crippen LogP contribution in [0.25, 0.3) is 0 Å². The average molecular weight is 800 g/mol. The first-order chi connectivity index (χ1) is 26.1. The smallest absolute Gasteiger partial charge is 0.416 e. The number of likely N-dealkylation sites (N-methyl/N-ethyl adjacent to an activating group) is 2. The zero-order valence-corrected chi connectivity index (χ0v) is 32.4. The van der Waals surface area contributed by atoms with Crippen LogP contribution in [0.3, 0.4) is 0 Å².